The van der Waals surface area contributed by atoms with Gasteiger partial charge in [0.1, 0.15) is 0 Å². The number of benzene rings is 2. The molecular formula is C17H19NO2. The Balaban J connectivity index is 2.15. The number of aliphatic hydroxyl groups excluding tert-OH is 1. The molecule has 104 valence electrons. The molecule has 0 saturated carbocycles. The van der Waals surface area contributed by atoms with Gasteiger partial charge in [-0.25, -0.2) is 0 Å². The van der Waals surface area contributed by atoms with Crippen molar-refractivity contribution in [1.82, 2.24) is 5.32 Å². The second-order valence-electron chi connectivity index (χ2n) is 5.44. The molecule has 2 N–H and O–H groups in total. The minimum absolute atomic E-state index is 0.0964. The van der Waals surface area contributed by atoms with E-state index in [-0.39, 0.29) is 12.5 Å². The molecule has 0 fully saturated rings. The van der Waals surface area contributed by atoms with Gasteiger partial charge < -0.3 is 10.4 Å². The Labute approximate surface area is 119 Å². The van der Waals surface area contributed by atoms with Crippen LogP contribution in [0, 0.1) is 0 Å². The molecule has 0 unspecified atom stereocenters. The van der Waals surface area contributed by atoms with Gasteiger partial charge in [0.15, 0.2) is 0 Å². The van der Waals surface area contributed by atoms with Crippen LogP contribution in [-0.2, 0) is 0 Å². The molecule has 0 saturated heterocycles. The molecule has 3 heteroatoms. The normalized spacial score (nSPS) is 11.2. The number of nitrogens with one attached hydrogen (secondary N) is 1. The van der Waals surface area contributed by atoms with Crippen LogP contribution in [0.3, 0.4) is 0 Å². The lowest BCUT2D eigenvalue weighted by molar-refractivity contribution is 0.0869. The van der Waals surface area contributed by atoms with Crippen molar-refractivity contribution in [3.8, 4) is 11.1 Å². The van der Waals surface area contributed by atoms with E-state index in [1.54, 1.807) is 26.0 Å². The van der Waals surface area contributed by atoms with Crippen LogP contribution in [0.1, 0.15) is 24.2 Å². The summed E-state index contributed by atoms with van der Waals surface area (Å²) in [5.74, 6) is -0.177. The van der Waals surface area contributed by atoms with Crippen molar-refractivity contribution in [3.05, 3.63) is 60.2 Å². The van der Waals surface area contributed by atoms with Crippen molar-refractivity contribution in [2.24, 2.45) is 0 Å². The molecule has 2 rings (SSSR count). The molecule has 1 amide bonds. The van der Waals surface area contributed by atoms with Gasteiger partial charge in [0.2, 0.25) is 0 Å². The zero-order valence-corrected chi connectivity index (χ0v) is 11.8. The van der Waals surface area contributed by atoms with E-state index in [4.69, 9.17) is 5.11 Å². The summed E-state index contributed by atoms with van der Waals surface area (Å²) in [6.07, 6.45) is 0. The Bertz CT molecular complexity index is 574. The minimum Gasteiger partial charge on any atom is -0.394 e. The first kappa shape index (κ1) is 14.3. The van der Waals surface area contributed by atoms with Crippen molar-refractivity contribution in [2.75, 3.05) is 6.61 Å². The Hall–Kier alpha value is -2.13. The average molecular weight is 269 g/mol. The molecule has 0 radical (unpaired) electrons. The van der Waals surface area contributed by atoms with Crippen LogP contribution < -0.4 is 5.32 Å². The summed E-state index contributed by atoms with van der Waals surface area (Å²) in [4.78, 5) is 12.0. The number of rotatable bonds is 4. The lowest BCUT2D eigenvalue weighted by Gasteiger charge is -2.23. The molecule has 2 aromatic carbocycles. The molecular weight excluding hydrogens is 250 g/mol. The molecule has 2 aromatic rings. The van der Waals surface area contributed by atoms with Crippen LogP contribution in [0.15, 0.2) is 54.6 Å². The number of carbonyl (C=O) groups is 1. The monoisotopic (exact) mass is 269 g/mol. The van der Waals surface area contributed by atoms with E-state index in [2.05, 4.69) is 5.32 Å². The smallest absolute Gasteiger partial charge is 0.251 e. The molecule has 0 aliphatic heterocycles. The molecule has 0 atom stereocenters. The summed E-state index contributed by atoms with van der Waals surface area (Å²) >= 11 is 0. The van der Waals surface area contributed by atoms with Gasteiger partial charge in [-0.2, -0.15) is 0 Å². The average Bonchev–Trinajstić information content (AvgIpc) is 2.48. The summed E-state index contributed by atoms with van der Waals surface area (Å²) in [5, 5.41) is 12.0. The number of hydrogen-bond donors (Lipinski definition) is 2. The lowest BCUT2D eigenvalue weighted by atomic mass is 10.0. The summed E-state index contributed by atoms with van der Waals surface area (Å²) in [5.41, 5.74) is 2.17. The quantitative estimate of drug-likeness (QED) is 0.896. The maximum Gasteiger partial charge on any atom is 0.251 e. The molecule has 0 aliphatic rings. The first-order chi connectivity index (χ1) is 9.52. The summed E-state index contributed by atoms with van der Waals surface area (Å²) in [6.45, 7) is 3.47. The Kier molecular flexibility index (Phi) is 4.20. The van der Waals surface area contributed by atoms with E-state index in [0.717, 1.165) is 11.1 Å². The highest BCUT2D eigenvalue weighted by Crippen LogP contribution is 2.19. The van der Waals surface area contributed by atoms with Crippen LogP contribution >= 0.6 is 0 Å². The van der Waals surface area contributed by atoms with Gasteiger partial charge in [0.25, 0.3) is 5.91 Å². The van der Waals surface area contributed by atoms with E-state index in [0.29, 0.717) is 5.56 Å². The third kappa shape index (κ3) is 3.45. The summed E-state index contributed by atoms with van der Waals surface area (Å²) in [7, 11) is 0. The molecule has 0 aliphatic carbocycles. The highest BCUT2D eigenvalue weighted by molar-refractivity contribution is 5.95. The van der Waals surface area contributed by atoms with Crippen molar-refractivity contribution in [3.63, 3.8) is 0 Å². The van der Waals surface area contributed by atoms with Crippen molar-refractivity contribution in [2.45, 2.75) is 19.4 Å². The maximum absolute atomic E-state index is 12.0. The van der Waals surface area contributed by atoms with E-state index >= 15 is 0 Å². The number of hydrogen-bond acceptors (Lipinski definition) is 2. The molecule has 20 heavy (non-hydrogen) atoms. The Morgan fingerprint density at radius 3 is 2.10 bits per heavy atom. The van der Waals surface area contributed by atoms with Crippen LogP contribution in [0.5, 0.6) is 0 Å². The highest BCUT2D eigenvalue weighted by atomic mass is 16.3. The number of amides is 1. The highest BCUT2D eigenvalue weighted by Gasteiger charge is 2.19. The third-order valence-corrected chi connectivity index (χ3v) is 3.10. The predicted octanol–water partition coefficient (Wildman–Crippen LogP) is 2.85. The van der Waals surface area contributed by atoms with Crippen LogP contribution in [-0.4, -0.2) is 23.2 Å². The second-order valence-corrected chi connectivity index (χ2v) is 5.44. The topological polar surface area (TPSA) is 49.3 Å². The molecule has 3 nitrogen and oxygen atoms in total. The predicted molar refractivity (Wildman–Crippen MR) is 80.5 cm³/mol. The summed E-state index contributed by atoms with van der Waals surface area (Å²) in [6, 6.07) is 17.5. The first-order valence-corrected chi connectivity index (χ1v) is 6.61. The lowest BCUT2D eigenvalue weighted by Crippen LogP contribution is -2.46. The minimum atomic E-state index is -0.616. The van der Waals surface area contributed by atoms with Gasteiger partial charge in [-0.3, -0.25) is 4.79 Å². The van der Waals surface area contributed by atoms with Gasteiger partial charge in [0.05, 0.1) is 12.1 Å². The maximum atomic E-state index is 12.0. The zero-order chi connectivity index (χ0) is 14.6. The van der Waals surface area contributed by atoms with Crippen molar-refractivity contribution < 1.29 is 9.90 Å². The van der Waals surface area contributed by atoms with Crippen LogP contribution in [0.4, 0.5) is 0 Å². The summed E-state index contributed by atoms with van der Waals surface area (Å²) < 4.78 is 0. The Morgan fingerprint density at radius 1 is 1.00 bits per heavy atom. The largest absolute Gasteiger partial charge is 0.394 e. The second kappa shape index (κ2) is 5.88. The van der Waals surface area contributed by atoms with Crippen LogP contribution in [0.2, 0.25) is 0 Å². The zero-order valence-electron chi connectivity index (χ0n) is 11.8. The standard InChI is InChI=1S/C17H19NO2/c1-17(2,12-19)18-16(20)15-10-8-14(9-11-15)13-6-4-3-5-7-13/h3-11,19H,12H2,1-2H3,(H,18,20). The SMILES string of the molecule is CC(C)(CO)NC(=O)c1ccc(-c2ccccc2)cc1. The molecule has 0 aromatic heterocycles. The first-order valence-electron chi connectivity index (χ1n) is 6.61. The van der Waals surface area contributed by atoms with E-state index in [1.165, 1.54) is 0 Å². The molecule has 0 spiro atoms. The van der Waals surface area contributed by atoms with E-state index in [1.807, 2.05) is 42.5 Å². The van der Waals surface area contributed by atoms with Crippen molar-refractivity contribution >= 4 is 5.91 Å². The Morgan fingerprint density at radius 2 is 1.55 bits per heavy atom. The third-order valence-electron chi connectivity index (χ3n) is 3.10. The van der Waals surface area contributed by atoms with Gasteiger partial charge in [0, 0.05) is 5.56 Å². The molecule has 0 bridgehead atoms. The van der Waals surface area contributed by atoms with Gasteiger partial charge in [-0.05, 0) is 37.1 Å². The number of aliphatic hydroxyl groups is 1. The van der Waals surface area contributed by atoms with Crippen molar-refractivity contribution in [1.29, 1.82) is 0 Å². The van der Waals surface area contributed by atoms with Gasteiger partial charge >= 0.3 is 0 Å². The fourth-order valence-corrected chi connectivity index (χ4v) is 1.86. The van der Waals surface area contributed by atoms with Gasteiger partial charge in [-0.15, -0.1) is 0 Å². The van der Waals surface area contributed by atoms with E-state index < -0.39 is 5.54 Å². The van der Waals surface area contributed by atoms with Gasteiger partial charge in [-0.1, -0.05) is 42.5 Å². The van der Waals surface area contributed by atoms with Crippen LogP contribution in [0.25, 0.3) is 11.1 Å². The fourth-order valence-electron chi connectivity index (χ4n) is 1.86. The fraction of sp³-hybridized carbons (Fsp3) is 0.235. The van der Waals surface area contributed by atoms with E-state index in [9.17, 15) is 4.79 Å². The molecule has 0 heterocycles. The number of carbonyl (C=O) groups excluding carboxylic acids is 1.